The summed E-state index contributed by atoms with van der Waals surface area (Å²) in [6.45, 7) is 1.36. The van der Waals surface area contributed by atoms with Gasteiger partial charge in [-0.25, -0.2) is 0 Å². The van der Waals surface area contributed by atoms with E-state index in [0.29, 0.717) is 6.61 Å². The zero-order chi connectivity index (χ0) is 13.7. The van der Waals surface area contributed by atoms with Crippen LogP contribution < -0.4 is 10.1 Å². The van der Waals surface area contributed by atoms with E-state index in [9.17, 15) is 0 Å². The molecule has 0 aliphatic rings. The Hall–Kier alpha value is -0.520. The molecule has 0 spiro atoms. The number of benzene rings is 2. The summed E-state index contributed by atoms with van der Waals surface area (Å²) >= 11 is 10.3. The van der Waals surface area contributed by atoms with E-state index >= 15 is 0 Å². The van der Waals surface area contributed by atoms with Crippen LogP contribution in [0.25, 0.3) is 0 Å². The van der Waals surface area contributed by atoms with Crippen molar-refractivity contribution in [3.8, 4) is 5.75 Å². The highest BCUT2D eigenvalue weighted by molar-refractivity contribution is 9.11. The summed E-state index contributed by atoms with van der Waals surface area (Å²) in [4.78, 5) is 0. The van der Waals surface area contributed by atoms with Gasteiger partial charge in [-0.15, -0.1) is 0 Å². The number of ether oxygens (including phenoxy) is 1. The van der Waals surface area contributed by atoms with Crippen molar-refractivity contribution >= 4 is 53.5 Å². The van der Waals surface area contributed by atoms with Crippen molar-refractivity contribution in [2.45, 2.75) is 0 Å². The van der Waals surface area contributed by atoms with Gasteiger partial charge in [-0.2, -0.15) is 0 Å². The number of anilines is 1. The van der Waals surface area contributed by atoms with Gasteiger partial charge < -0.3 is 10.1 Å². The highest BCUT2D eigenvalue weighted by Crippen LogP contribution is 2.25. The van der Waals surface area contributed by atoms with Gasteiger partial charge in [0.1, 0.15) is 12.4 Å². The van der Waals surface area contributed by atoms with E-state index in [1.807, 2.05) is 42.5 Å². The Morgan fingerprint density at radius 3 is 2.26 bits per heavy atom. The molecule has 0 heterocycles. The molecule has 0 aromatic heterocycles. The topological polar surface area (TPSA) is 21.3 Å². The van der Waals surface area contributed by atoms with Gasteiger partial charge in [-0.1, -0.05) is 31.9 Å². The van der Waals surface area contributed by atoms with Crippen LogP contribution in [0.5, 0.6) is 5.75 Å². The molecule has 2 aromatic rings. The average molecular weight is 450 g/mol. The normalized spacial score (nSPS) is 10.3. The molecule has 0 aliphatic carbocycles. The number of rotatable bonds is 5. The third-order valence-corrected chi connectivity index (χ3v) is 4.11. The van der Waals surface area contributed by atoms with E-state index in [1.165, 1.54) is 0 Å². The zero-order valence-corrected chi connectivity index (χ0v) is 14.8. The Bertz CT molecular complexity index is 543. The maximum atomic E-state index is 5.64. The molecular formula is C14H12Br3NO. The van der Waals surface area contributed by atoms with Crippen molar-refractivity contribution in [3.05, 3.63) is 55.9 Å². The summed E-state index contributed by atoms with van der Waals surface area (Å²) in [6, 6.07) is 13.9. The van der Waals surface area contributed by atoms with Crippen LogP contribution in [0.4, 0.5) is 5.69 Å². The van der Waals surface area contributed by atoms with Crippen molar-refractivity contribution in [1.29, 1.82) is 0 Å². The quantitative estimate of drug-likeness (QED) is 0.611. The summed E-state index contributed by atoms with van der Waals surface area (Å²) in [6.07, 6.45) is 0. The van der Waals surface area contributed by atoms with Crippen molar-refractivity contribution < 1.29 is 4.74 Å². The lowest BCUT2D eigenvalue weighted by atomic mass is 10.3. The van der Waals surface area contributed by atoms with Crippen LogP contribution in [0.3, 0.4) is 0 Å². The van der Waals surface area contributed by atoms with Crippen LogP contribution in [0.15, 0.2) is 55.9 Å². The molecule has 19 heavy (non-hydrogen) atoms. The van der Waals surface area contributed by atoms with Crippen molar-refractivity contribution in [2.24, 2.45) is 0 Å². The van der Waals surface area contributed by atoms with Crippen LogP contribution >= 0.6 is 47.8 Å². The first kappa shape index (κ1) is 14.9. The van der Waals surface area contributed by atoms with Gasteiger partial charge in [0.05, 0.1) is 0 Å². The third-order valence-electron chi connectivity index (χ3n) is 2.43. The van der Waals surface area contributed by atoms with Gasteiger partial charge in [0, 0.05) is 25.7 Å². The van der Waals surface area contributed by atoms with Gasteiger partial charge >= 0.3 is 0 Å². The molecule has 2 nitrogen and oxygen atoms in total. The molecule has 0 amide bonds. The number of halogens is 3. The summed E-state index contributed by atoms with van der Waals surface area (Å²) in [5.41, 5.74) is 1.06. The van der Waals surface area contributed by atoms with Crippen molar-refractivity contribution in [2.75, 3.05) is 18.5 Å². The van der Waals surface area contributed by atoms with Gasteiger partial charge in [0.25, 0.3) is 0 Å². The fourth-order valence-electron chi connectivity index (χ4n) is 1.52. The predicted octanol–water partition coefficient (Wildman–Crippen LogP) is 5.47. The van der Waals surface area contributed by atoms with Gasteiger partial charge in [-0.05, 0) is 58.4 Å². The van der Waals surface area contributed by atoms with E-state index in [1.54, 1.807) is 0 Å². The lowest BCUT2D eigenvalue weighted by Crippen LogP contribution is -2.11. The minimum absolute atomic E-state index is 0.615. The van der Waals surface area contributed by atoms with E-state index in [0.717, 1.165) is 31.4 Å². The second-order valence-electron chi connectivity index (χ2n) is 3.85. The predicted molar refractivity (Wildman–Crippen MR) is 90.0 cm³/mol. The Balaban J connectivity index is 1.79. The molecule has 0 atom stereocenters. The van der Waals surface area contributed by atoms with Gasteiger partial charge in [0.15, 0.2) is 0 Å². The molecule has 0 bridgehead atoms. The maximum Gasteiger partial charge on any atom is 0.119 e. The van der Waals surface area contributed by atoms with E-state index in [-0.39, 0.29) is 0 Å². The smallest absolute Gasteiger partial charge is 0.119 e. The third kappa shape index (κ3) is 4.82. The molecule has 0 unspecified atom stereocenters. The molecule has 0 saturated heterocycles. The molecule has 2 aromatic carbocycles. The zero-order valence-electron chi connectivity index (χ0n) is 10.00. The van der Waals surface area contributed by atoms with E-state index in [2.05, 4.69) is 53.1 Å². The number of hydrogen-bond acceptors (Lipinski definition) is 2. The Kier molecular flexibility index (Phi) is 5.73. The molecule has 1 N–H and O–H groups in total. The maximum absolute atomic E-state index is 5.64. The Labute approximate surface area is 137 Å². The molecule has 100 valence electrons. The molecule has 0 fully saturated rings. The molecule has 0 aliphatic heterocycles. The van der Waals surface area contributed by atoms with Gasteiger partial charge in [-0.3, -0.25) is 0 Å². The van der Waals surface area contributed by atoms with Crippen molar-refractivity contribution in [3.63, 3.8) is 0 Å². The molecule has 0 radical (unpaired) electrons. The SMILES string of the molecule is Brc1ccc(OCCNc2ccc(Br)cc2Br)cc1. The summed E-state index contributed by atoms with van der Waals surface area (Å²) in [5, 5.41) is 3.32. The lowest BCUT2D eigenvalue weighted by Gasteiger charge is -2.10. The van der Waals surface area contributed by atoms with Crippen molar-refractivity contribution in [1.82, 2.24) is 0 Å². The van der Waals surface area contributed by atoms with Crippen LogP contribution in [0.2, 0.25) is 0 Å². The standard InChI is InChI=1S/C14H12Br3NO/c15-10-1-4-12(5-2-10)19-8-7-18-14-6-3-11(16)9-13(14)17/h1-6,9,18H,7-8H2. The minimum atomic E-state index is 0.615. The Morgan fingerprint density at radius 2 is 1.58 bits per heavy atom. The highest BCUT2D eigenvalue weighted by Gasteiger charge is 2.00. The second-order valence-corrected chi connectivity index (χ2v) is 6.54. The average Bonchev–Trinajstić information content (AvgIpc) is 2.39. The first-order valence-corrected chi connectivity index (χ1v) is 8.10. The monoisotopic (exact) mass is 447 g/mol. The number of hydrogen-bond donors (Lipinski definition) is 1. The van der Waals surface area contributed by atoms with Crippen LogP contribution in [0.1, 0.15) is 0 Å². The van der Waals surface area contributed by atoms with Crippen LogP contribution in [-0.2, 0) is 0 Å². The molecular weight excluding hydrogens is 438 g/mol. The largest absolute Gasteiger partial charge is 0.492 e. The lowest BCUT2D eigenvalue weighted by molar-refractivity contribution is 0.333. The van der Waals surface area contributed by atoms with Crippen LogP contribution in [-0.4, -0.2) is 13.2 Å². The summed E-state index contributed by atoms with van der Waals surface area (Å²) < 4.78 is 8.78. The van der Waals surface area contributed by atoms with E-state index in [4.69, 9.17) is 4.74 Å². The fraction of sp³-hybridized carbons (Fsp3) is 0.143. The molecule has 5 heteroatoms. The van der Waals surface area contributed by atoms with E-state index < -0.39 is 0 Å². The van der Waals surface area contributed by atoms with Gasteiger partial charge in [0.2, 0.25) is 0 Å². The first-order chi connectivity index (χ1) is 9.15. The number of nitrogens with one attached hydrogen (secondary N) is 1. The highest BCUT2D eigenvalue weighted by atomic mass is 79.9. The molecule has 0 saturated carbocycles. The summed E-state index contributed by atoms with van der Waals surface area (Å²) in [7, 11) is 0. The first-order valence-electron chi connectivity index (χ1n) is 5.72. The minimum Gasteiger partial charge on any atom is -0.492 e. The second kappa shape index (κ2) is 7.31. The van der Waals surface area contributed by atoms with Crippen LogP contribution in [0, 0.1) is 0 Å². The summed E-state index contributed by atoms with van der Waals surface area (Å²) in [5.74, 6) is 0.875. The Morgan fingerprint density at radius 1 is 0.895 bits per heavy atom. The fourth-order valence-corrected chi connectivity index (χ4v) is 2.97. The molecule has 2 rings (SSSR count).